The van der Waals surface area contributed by atoms with Crippen LogP contribution in [-0.2, 0) is 14.3 Å². The van der Waals surface area contributed by atoms with E-state index < -0.39 is 18.0 Å². The molecule has 1 aliphatic heterocycles. The average molecular weight is 116 g/mol. The van der Waals surface area contributed by atoms with Crippen molar-refractivity contribution >= 4 is 11.8 Å². The second kappa shape index (κ2) is 1.56. The molecule has 1 fully saturated rings. The zero-order chi connectivity index (χ0) is 6.15. The van der Waals surface area contributed by atoms with E-state index in [-0.39, 0.29) is 6.42 Å². The molecule has 0 aromatic heterocycles. The molecule has 0 saturated carbocycles. The van der Waals surface area contributed by atoms with Crippen molar-refractivity contribution in [3.8, 4) is 0 Å². The summed E-state index contributed by atoms with van der Waals surface area (Å²) in [5.74, 6) is -1.59. The largest absolute Gasteiger partial charge is 0.430 e. The Morgan fingerprint density at radius 2 is 2.25 bits per heavy atom. The first kappa shape index (κ1) is 5.24. The van der Waals surface area contributed by atoms with Gasteiger partial charge in [0.25, 0.3) is 0 Å². The molecule has 0 aliphatic carbocycles. The van der Waals surface area contributed by atoms with Crippen molar-refractivity contribution in [3.05, 3.63) is 0 Å². The van der Waals surface area contributed by atoms with E-state index in [2.05, 4.69) is 4.74 Å². The predicted molar refractivity (Wildman–Crippen MR) is 21.7 cm³/mol. The highest BCUT2D eigenvalue weighted by Crippen LogP contribution is 2.05. The highest BCUT2D eigenvalue weighted by Gasteiger charge is 2.30. The van der Waals surface area contributed by atoms with Crippen molar-refractivity contribution in [3.63, 3.8) is 0 Å². The van der Waals surface area contributed by atoms with Crippen molar-refractivity contribution in [2.24, 2.45) is 0 Å². The second-order valence-electron chi connectivity index (χ2n) is 1.49. The average Bonchev–Trinajstić information content (AvgIpc) is 1.85. The van der Waals surface area contributed by atoms with Crippen LogP contribution in [0.4, 0.5) is 0 Å². The normalized spacial score (nSPS) is 28.4. The molecule has 0 spiro atoms. The smallest absolute Gasteiger partial charge is 0.377 e. The van der Waals surface area contributed by atoms with E-state index in [1.54, 1.807) is 0 Å². The van der Waals surface area contributed by atoms with Crippen LogP contribution in [0.5, 0.6) is 0 Å². The molecule has 0 aromatic rings. The minimum atomic E-state index is -1.20. The third-order valence-corrected chi connectivity index (χ3v) is 0.831. The lowest BCUT2D eigenvalue weighted by Crippen LogP contribution is -2.05. The van der Waals surface area contributed by atoms with Crippen LogP contribution in [0.15, 0.2) is 0 Å². The van der Waals surface area contributed by atoms with Crippen LogP contribution in [0.25, 0.3) is 0 Å². The first-order valence-corrected chi connectivity index (χ1v) is 2.12. The number of esters is 1. The molecule has 0 amide bonds. The van der Waals surface area contributed by atoms with Crippen molar-refractivity contribution < 1.29 is 19.4 Å². The number of ketones is 1. The Morgan fingerprint density at radius 3 is 2.38 bits per heavy atom. The number of cyclic esters (lactones) is 1. The molecule has 1 rings (SSSR count). The first-order valence-electron chi connectivity index (χ1n) is 2.12. The maximum absolute atomic E-state index is 10.1. The van der Waals surface area contributed by atoms with Gasteiger partial charge in [0.1, 0.15) is 0 Å². The summed E-state index contributed by atoms with van der Waals surface area (Å²) in [5, 5.41) is 8.41. The van der Waals surface area contributed by atoms with Crippen LogP contribution < -0.4 is 0 Å². The number of hydrogen-bond acceptors (Lipinski definition) is 4. The number of ether oxygens (including phenoxy) is 1. The van der Waals surface area contributed by atoms with E-state index in [0.717, 1.165) is 0 Å². The fraction of sp³-hybridized carbons (Fsp3) is 0.500. The Balaban J connectivity index is 2.64. The van der Waals surface area contributed by atoms with Gasteiger partial charge in [0.05, 0.1) is 6.42 Å². The van der Waals surface area contributed by atoms with Crippen LogP contribution in [0, 0.1) is 0 Å². The minimum absolute atomic E-state index is 0.196. The zero-order valence-corrected chi connectivity index (χ0v) is 3.96. The Hall–Kier alpha value is -0.900. The maximum Gasteiger partial charge on any atom is 0.377 e. The molecule has 0 aromatic carbocycles. The molecule has 1 saturated heterocycles. The summed E-state index contributed by atoms with van der Waals surface area (Å²) in [4.78, 5) is 20.2. The summed E-state index contributed by atoms with van der Waals surface area (Å²) in [6.07, 6.45) is -1.39. The van der Waals surface area contributed by atoms with Gasteiger partial charge in [-0.1, -0.05) is 0 Å². The highest BCUT2D eigenvalue weighted by atomic mass is 16.6. The van der Waals surface area contributed by atoms with Crippen LogP contribution >= 0.6 is 0 Å². The molecule has 4 nitrogen and oxygen atoms in total. The van der Waals surface area contributed by atoms with Gasteiger partial charge in [0.2, 0.25) is 12.1 Å². The van der Waals surface area contributed by atoms with E-state index >= 15 is 0 Å². The van der Waals surface area contributed by atoms with Gasteiger partial charge in [-0.15, -0.1) is 0 Å². The van der Waals surface area contributed by atoms with E-state index in [9.17, 15) is 9.59 Å². The van der Waals surface area contributed by atoms with E-state index in [4.69, 9.17) is 5.11 Å². The SMILES string of the molecule is O=C1CC(O)OC1=O. The van der Waals surface area contributed by atoms with Gasteiger partial charge in [-0.3, -0.25) is 4.79 Å². The molecule has 1 heterocycles. The number of Topliss-reactive ketones (excluding diaryl/α,β-unsaturated/α-hetero) is 1. The molecule has 8 heavy (non-hydrogen) atoms. The molecule has 0 bridgehead atoms. The molecular formula is C4H4O4. The predicted octanol–water partition coefficient (Wildman–Crippen LogP) is -1.18. The van der Waals surface area contributed by atoms with Crippen molar-refractivity contribution in [2.75, 3.05) is 0 Å². The van der Waals surface area contributed by atoms with Crippen LogP contribution in [0.2, 0.25) is 0 Å². The monoisotopic (exact) mass is 116 g/mol. The minimum Gasteiger partial charge on any atom is -0.430 e. The first-order chi connectivity index (χ1) is 3.70. The van der Waals surface area contributed by atoms with Gasteiger partial charge in [-0.25, -0.2) is 4.79 Å². The van der Waals surface area contributed by atoms with E-state index in [1.807, 2.05) is 0 Å². The molecule has 1 atom stereocenters. The summed E-state index contributed by atoms with van der Waals surface area (Å²) in [7, 11) is 0. The Kier molecular flexibility index (Phi) is 1.02. The molecule has 4 heteroatoms. The third kappa shape index (κ3) is 0.696. The lowest BCUT2D eigenvalue weighted by molar-refractivity contribution is -0.157. The van der Waals surface area contributed by atoms with Crippen molar-refractivity contribution in [1.29, 1.82) is 0 Å². The van der Waals surface area contributed by atoms with Gasteiger partial charge in [0, 0.05) is 0 Å². The molecular weight excluding hydrogens is 112 g/mol. The summed E-state index contributed by atoms with van der Waals surface area (Å²) < 4.78 is 4.04. The summed E-state index contributed by atoms with van der Waals surface area (Å²) in [6, 6.07) is 0. The van der Waals surface area contributed by atoms with E-state index in [1.165, 1.54) is 0 Å². The Bertz CT molecular complexity index is 123. The molecule has 1 N–H and O–H groups in total. The summed E-state index contributed by atoms with van der Waals surface area (Å²) >= 11 is 0. The van der Waals surface area contributed by atoms with Gasteiger partial charge in [-0.05, 0) is 0 Å². The highest BCUT2D eigenvalue weighted by molar-refractivity contribution is 6.35. The molecule has 44 valence electrons. The number of rotatable bonds is 0. The topological polar surface area (TPSA) is 63.6 Å². The molecule has 0 radical (unpaired) electrons. The lowest BCUT2D eigenvalue weighted by atomic mass is 10.3. The maximum atomic E-state index is 10.1. The van der Waals surface area contributed by atoms with Gasteiger partial charge >= 0.3 is 5.97 Å². The standard InChI is InChI=1S/C4H4O4/c5-2-1-3(6)8-4(2)7/h3,6H,1H2. The Morgan fingerprint density at radius 1 is 1.62 bits per heavy atom. The number of carbonyl (C=O) groups is 2. The Labute approximate surface area is 45.1 Å². The number of aliphatic hydroxyl groups is 1. The van der Waals surface area contributed by atoms with Crippen LogP contribution in [-0.4, -0.2) is 23.1 Å². The summed E-state index contributed by atoms with van der Waals surface area (Å²) in [5.41, 5.74) is 0. The fourth-order valence-electron chi connectivity index (χ4n) is 0.473. The number of hydrogen-bond donors (Lipinski definition) is 1. The van der Waals surface area contributed by atoms with Gasteiger partial charge in [0.15, 0.2) is 0 Å². The third-order valence-electron chi connectivity index (χ3n) is 0.831. The molecule has 1 aliphatic rings. The summed E-state index contributed by atoms with van der Waals surface area (Å²) in [6.45, 7) is 0. The molecule has 1 unspecified atom stereocenters. The quantitative estimate of drug-likeness (QED) is 0.319. The van der Waals surface area contributed by atoms with Gasteiger partial charge < -0.3 is 9.84 Å². The van der Waals surface area contributed by atoms with E-state index in [0.29, 0.717) is 0 Å². The zero-order valence-electron chi connectivity index (χ0n) is 3.96. The van der Waals surface area contributed by atoms with Crippen LogP contribution in [0.3, 0.4) is 0 Å². The second-order valence-corrected chi connectivity index (χ2v) is 1.49. The fourth-order valence-corrected chi connectivity index (χ4v) is 0.473. The number of carbonyl (C=O) groups excluding carboxylic acids is 2. The lowest BCUT2D eigenvalue weighted by Gasteiger charge is -1.93. The van der Waals surface area contributed by atoms with Crippen molar-refractivity contribution in [1.82, 2.24) is 0 Å². The van der Waals surface area contributed by atoms with Crippen molar-refractivity contribution in [2.45, 2.75) is 12.7 Å². The van der Waals surface area contributed by atoms with Gasteiger partial charge in [-0.2, -0.15) is 0 Å². The van der Waals surface area contributed by atoms with Crippen LogP contribution in [0.1, 0.15) is 6.42 Å². The number of aliphatic hydroxyl groups excluding tert-OH is 1.